The van der Waals surface area contributed by atoms with Gasteiger partial charge in [0.15, 0.2) is 5.16 Å². The minimum absolute atomic E-state index is 0.00502. The van der Waals surface area contributed by atoms with E-state index in [0.29, 0.717) is 18.4 Å². The van der Waals surface area contributed by atoms with Crippen molar-refractivity contribution in [3.05, 3.63) is 41.7 Å². The van der Waals surface area contributed by atoms with Crippen LogP contribution >= 0.6 is 11.8 Å². The van der Waals surface area contributed by atoms with E-state index in [0.717, 1.165) is 5.69 Å². The zero-order valence-corrected chi connectivity index (χ0v) is 10.9. The van der Waals surface area contributed by atoms with E-state index in [1.807, 2.05) is 22.9 Å². The molecular weight excluding hydrogens is 264 g/mol. The second-order valence-electron chi connectivity index (χ2n) is 4.21. The van der Waals surface area contributed by atoms with Crippen molar-refractivity contribution < 1.29 is 14.6 Å². The van der Waals surface area contributed by atoms with Gasteiger partial charge in [-0.1, -0.05) is 17.8 Å². The van der Waals surface area contributed by atoms with Crippen LogP contribution in [-0.4, -0.2) is 26.4 Å². The Balaban J connectivity index is 1.90. The Labute approximate surface area is 114 Å². The summed E-state index contributed by atoms with van der Waals surface area (Å²) in [5.41, 5.74) is 3.37. The molecule has 19 heavy (non-hydrogen) atoms. The van der Waals surface area contributed by atoms with Crippen LogP contribution in [0, 0.1) is 0 Å². The molecule has 6 heteroatoms. The van der Waals surface area contributed by atoms with Crippen LogP contribution in [0.2, 0.25) is 0 Å². The largest absolute Gasteiger partial charge is 0.481 e. The summed E-state index contributed by atoms with van der Waals surface area (Å²) >= 11 is 1.21. The highest BCUT2D eigenvalue weighted by atomic mass is 32.2. The van der Waals surface area contributed by atoms with Gasteiger partial charge in [-0.15, -0.1) is 0 Å². The van der Waals surface area contributed by atoms with Crippen molar-refractivity contribution in [3.63, 3.8) is 0 Å². The Hall–Kier alpha value is -1.79. The smallest absolute Gasteiger partial charge is 0.313 e. The number of carboxylic acids is 1. The summed E-state index contributed by atoms with van der Waals surface area (Å²) in [6.45, 7) is 1.30. The molecule has 0 saturated heterocycles. The predicted molar refractivity (Wildman–Crippen MR) is 70.4 cm³/mol. The molecule has 2 aromatic rings. The number of nitrogens with zero attached hydrogens (tertiary/aromatic N) is 2. The van der Waals surface area contributed by atoms with E-state index in [9.17, 15) is 4.79 Å². The van der Waals surface area contributed by atoms with Gasteiger partial charge in [0.05, 0.1) is 19.0 Å². The molecule has 3 rings (SSSR count). The standard InChI is InChI=1S/C13H12N2O3S/c16-12(17)8-19-13-14-3-4-15(13)11-2-1-9-6-18-7-10(9)5-11/h1-5H,6-8H2,(H,16,17). The zero-order valence-electron chi connectivity index (χ0n) is 10.1. The Bertz CT molecular complexity index is 624. The average Bonchev–Trinajstić information content (AvgIpc) is 3.04. The number of aromatic nitrogens is 2. The maximum atomic E-state index is 10.6. The van der Waals surface area contributed by atoms with Gasteiger partial charge in [-0.25, -0.2) is 4.98 Å². The van der Waals surface area contributed by atoms with Crippen molar-refractivity contribution in [2.24, 2.45) is 0 Å². The molecule has 0 spiro atoms. The lowest BCUT2D eigenvalue weighted by atomic mass is 10.1. The van der Waals surface area contributed by atoms with Gasteiger partial charge in [-0.2, -0.15) is 0 Å². The fourth-order valence-corrected chi connectivity index (χ4v) is 2.72. The summed E-state index contributed by atoms with van der Waals surface area (Å²) in [6.07, 6.45) is 3.51. The topological polar surface area (TPSA) is 64.3 Å². The highest BCUT2D eigenvalue weighted by Gasteiger charge is 2.13. The van der Waals surface area contributed by atoms with Crippen LogP contribution in [0.1, 0.15) is 11.1 Å². The minimum atomic E-state index is -0.845. The molecule has 0 bridgehead atoms. The third-order valence-corrected chi connectivity index (χ3v) is 3.87. The van der Waals surface area contributed by atoms with Gasteiger partial charge in [0, 0.05) is 18.1 Å². The normalized spacial score (nSPS) is 13.5. The van der Waals surface area contributed by atoms with Gasteiger partial charge < -0.3 is 9.84 Å². The Morgan fingerprint density at radius 1 is 1.42 bits per heavy atom. The summed E-state index contributed by atoms with van der Waals surface area (Å²) < 4.78 is 7.28. The molecule has 1 aliphatic heterocycles. The van der Waals surface area contributed by atoms with Gasteiger partial charge in [-0.05, 0) is 23.3 Å². The van der Waals surface area contributed by atoms with E-state index in [2.05, 4.69) is 11.1 Å². The summed E-state index contributed by atoms with van der Waals surface area (Å²) in [6, 6.07) is 6.11. The van der Waals surface area contributed by atoms with Crippen molar-refractivity contribution in [2.45, 2.75) is 18.4 Å². The number of hydrogen-bond acceptors (Lipinski definition) is 4. The van der Waals surface area contributed by atoms with E-state index in [1.54, 1.807) is 6.20 Å². The minimum Gasteiger partial charge on any atom is -0.481 e. The zero-order chi connectivity index (χ0) is 13.2. The van der Waals surface area contributed by atoms with Gasteiger partial charge in [0.2, 0.25) is 0 Å². The van der Waals surface area contributed by atoms with Crippen LogP contribution < -0.4 is 0 Å². The maximum Gasteiger partial charge on any atom is 0.313 e. The summed E-state index contributed by atoms with van der Waals surface area (Å²) in [7, 11) is 0. The van der Waals surface area contributed by atoms with Crippen LogP contribution in [0.5, 0.6) is 0 Å². The lowest BCUT2D eigenvalue weighted by Crippen LogP contribution is -2.01. The molecule has 1 aromatic carbocycles. The van der Waals surface area contributed by atoms with Crippen LogP contribution in [0.25, 0.3) is 5.69 Å². The van der Waals surface area contributed by atoms with E-state index in [4.69, 9.17) is 9.84 Å². The molecule has 0 atom stereocenters. The molecule has 1 aromatic heterocycles. The monoisotopic (exact) mass is 276 g/mol. The fraction of sp³-hybridized carbons (Fsp3) is 0.231. The van der Waals surface area contributed by atoms with Crippen molar-refractivity contribution in [2.75, 3.05) is 5.75 Å². The number of thioether (sulfide) groups is 1. The first-order valence-corrected chi connectivity index (χ1v) is 6.80. The molecule has 0 fully saturated rings. The highest BCUT2D eigenvalue weighted by Crippen LogP contribution is 2.25. The van der Waals surface area contributed by atoms with Crippen LogP contribution in [0.15, 0.2) is 35.7 Å². The number of hydrogen-bond donors (Lipinski definition) is 1. The van der Waals surface area contributed by atoms with Gasteiger partial charge in [0.25, 0.3) is 0 Å². The predicted octanol–water partition coefficient (Wildman–Crippen LogP) is 2.08. The quantitative estimate of drug-likeness (QED) is 0.866. The van der Waals surface area contributed by atoms with Crippen LogP contribution in [0.4, 0.5) is 0 Å². The van der Waals surface area contributed by atoms with Crippen molar-refractivity contribution >= 4 is 17.7 Å². The molecule has 5 nitrogen and oxygen atoms in total. The molecule has 0 unspecified atom stereocenters. The first kappa shape index (κ1) is 12.3. The van der Waals surface area contributed by atoms with Gasteiger partial charge >= 0.3 is 5.97 Å². The van der Waals surface area contributed by atoms with Crippen molar-refractivity contribution in [1.82, 2.24) is 9.55 Å². The second kappa shape index (κ2) is 5.07. The van der Waals surface area contributed by atoms with E-state index >= 15 is 0 Å². The molecule has 0 radical (unpaired) electrons. The first-order valence-electron chi connectivity index (χ1n) is 5.82. The molecule has 0 amide bonds. The van der Waals surface area contributed by atoms with Gasteiger partial charge in [-0.3, -0.25) is 9.36 Å². The number of ether oxygens (including phenoxy) is 1. The molecule has 2 heterocycles. The first-order chi connectivity index (χ1) is 9.24. The van der Waals surface area contributed by atoms with Crippen molar-refractivity contribution in [1.29, 1.82) is 0 Å². The molecule has 1 N–H and O–H groups in total. The Morgan fingerprint density at radius 3 is 3.11 bits per heavy atom. The van der Waals surface area contributed by atoms with E-state index in [1.165, 1.54) is 22.9 Å². The van der Waals surface area contributed by atoms with Crippen molar-refractivity contribution in [3.8, 4) is 5.69 Å². The average molecular weight is 276 g/mol. The van der Waals surface area contributed by atoms with Crippen LogP contribution in [-0.2, 0) is 22.7 Å². The summed E-state index contributed by atoms with van der Waals surface area (Å²) in [5.74, 6) is -0.840. The molecule has 0 aliphatic carbocycles. The van der Waals surface area contributed by atoms with Crippen LogP contribution in [0.3, 0.4) is 0 Å². The molecule has 98 valence electrons. The maximum absolute atomic E-state index is 10.6. The summed E-state index contributed by atoms with van der Waals surface area (Å²) in [4.78, 5) is 14.8. The number of fused-ring (bicyclic) bond motifs is 1. The Morgan fingerprint density at radius 2 is 2.26 bits per heavy atom. The number of imidazole rings is 1. The molecular formula is C13H12N2O3S. The number of rotatable bonds is 4. The summed E-state index contributed by atoms with van der Waals surface area (Å²) in [5, 5.41) is 9.41. The Kier molecular flexibility index (Phi) is 3.27. The third kappa shape index (κ3) is 2.50. The number of carboxylic acid groups (broad SMARTS) is 1. The second-order valence-corrected chi connectivity index (χ2v) is 5.15. The number of carbonyl (C=O) groups is 1. The SMILES string of the molecule is O=C(O)CSc1nccn1-c1ccc2c(c1)COC2. The third-order valence-electron chi connectivity index (χ3n) is 2.91. The van der Waals surface area contributed by atoms with E-state index in [-0.39, 0.29) is 5.75 Å². The highest BCUT2D eigenvalue weighted by molar-refractivity contribution is 7.99. The lowest BCUT2D eigenvalue weighted by molar-refractivity contribution is -0.133. The number of aliphatic carboxylic acids is 1. The molecule has 1 aliphatic rings. The van der Waals surface area contributed by atoms with Gasteiger partial charge in [0.1, 0.15) is 0 Å². The lowest BCUT2D eigenvalue weighted by Gasteiger charge is -2.08. The van der Waals surface area contributed by atoms with E-state index < -0.39 is 5.97 Å². The fourth-order valence-electron chi connectivity index (χ4n) is 2.03. The molecule has 0 saturated carbocycles. The number of benzene rings is 1.